The third-order valence-electron chi connectivity index (χ3n) is 4.79. The van der Waals surface area contributed by atoms with Crippen LogP contribution in [0.1, 0.15) is 23.2 Å². The van der Waals surface area contributed by atoms with Gasteiger partial charge < -0.3 is 20.5 Å². The van der Waals surface area contributed by atoms with Crippen LogP contribution in [-0.4, -0.2) is 36.8 Å². The number of aliphatic hydroxyl groups excluding tert-OH is 1. The number of nitrogens with one attached hydrogen (secondary N) is 2. The Morgan fingerprint density at radius 2 is 1.97 bits per heavy atom. The first-order valence-electron chi connectivity index (χ1n) is 10.2. The largest absolute Gasteiger partial charge is 0.495 e. The first-order valence-corrected chi connectivity index (χ1v) is 11.1. The van der Waals surface area contributed by atoms with Crippen LogP contribution < -0.4 is 15.4 Å². The molecule has 0 atom stereocenters. The Balaban J connectivity index is 1.70. The number of anilines is 2. The molecule has 0 spiro atoms. The Labute approximate surface area is 198 Å². The van der Waals surface area contributed by atoms with E-state index in [0.717, 1.165) is 28.1 Å². The topological polar surface area (TPSA) is 83.5 Å². The molecule has 6 nitrogen and oxygen atoms in total. The fourth-order valence-corrected chi connectivity index (χ4v) is 4.11. The van der Waals surface area contributed by atoms with Gasteiger partial charge in [0.05, 0.1) is 23.2 Å². The van der Waals surface area contributed by atoms with E-state index in [1.807, 2.05) is 0 Å². The number of alkyl halides is 3. The van der Waals surface area contributed by atoms with Gasteiger partial charge in [-0.2, -0.15) is 13.2 Å². The van der Waals surface area contributed by atoms with E-state index in [4.69, 9.17) is 9.84 Å². The number of nitrogens with zero attached hydrogens (tertiary/aromatic N) is 1. The molecule has 0 radical (unpaired) electrons. The summed E-state index contributed by atoms with van der Waals surface area (Å²) in [7, 11) is 1.50. The van der Waals surface area contributed by atoms with Crippen molar-refractivity contribution in [2.45, 2.75) is 19.0 Å². The third-order valence-corrected chi connectivity index (χ3v) is 5.85. The summed E-state index contributed by atoms with van der Waals surface area (Å²) in [6.07, 6.45) is -2.47. The molecule has 3 aromatic rings. The predicted octanol–water partition coefficient (Wildman–Crippen LogP) is 4.79. The first-order chi connectivity index (χ1) is 16.4. The highest BCUT2D eigenvalue weighted by molar-refractivity contribution is 7.19. The number of halogens is 3. The molecule has 0 unspecified atom stereocenters. The average Bonchev–Trinajstić information content (AvgIpc) is 3.23. The Kier molecular flexibility index (Phi) is 8.51. The number of carbonyl (C=O) groups excluding carboxylic acids is 1. The number of benzene rings is 2. The molecule has 1 amide bonds. The molecule has 1 heterocycles. The fraction of sp³-hybridized carbons (Fsp3) is 0.250. The number of ether oxygens (including phenoxy) is 1. The summed E-state index contributed by atoms with van der Waals surface area (Å²) < 4.78 is 43.4. The number of methoxy groups -OCH3 is 1. The molecule has 0 aliphatic heterocycles. The lowest BCUT2D eigenvalue weighted by atomic mass is 10.1. The maximum absolute atomic E-state index is 12.7. The van der Waals surface area contributed by atoms with Crippen LogP contribution in [0.3, 0.4) is 0 Å². The summed E-state index contributed by atoms with van der Waals surface area (Å²) in [6.45, 7) is 0.255. The van der Waals surface area contributed by atoms with E-state index in [-0.39, 0.29) is 6.61 Å². The number of carbonyl (C=O) groups is 1. The van der Waals surface area contributed by atoms with Crippen molar-refractivity contribution in [3.05, 3.63) is 59.3 Å². The lowest BCUT2D eigenvalue weighted by Gasteiger charge is -2.09. The molecule has 0 aliphatic carbocycles. The van der Waals surface area contributed by atoms with Gasteiger partial charge in [-0.25, -0.2) is 4.98 Å². The van der Waals surface area contributed by atoms with Crippen LogP contribution in [0.5, 0.6) is 5.75 Å². The Bertz CT molecular complexity index is 1180. The van der Waals surface area contributed by atoms with E-state index in [9.17, 15) is 18.0 Å². The molecule has 10 heteroatoms. The van der Waals surface area contributed by atoms with Crippen LogP contribution in [0, 0.1) is 11.8 Å². The molecule has 34 heavy (non-hydrogen) atoms. The minimum atomic E-state index is -4.34. The van der Waals surface area contributed by atoms with E-state index in [2.05, 4.69) is 27.5 Å². The number of hydrogen-bond acceptors (Lipinski definition) is 6. The zero-order valence-corrected chi connectivity index (χ0v) is 19.0. The standard InChI is InChI=1S/C24H22F3N3O3S/c1-33-21-14-17(8-11-19(21)29-15-32)22-20(5-3-13-31)30-23(34-22)28-12-2-4-16-6-9-18(10-7-16)24(25,26)27/h6-11,14-15,31H,2,4,12-13H2,1H3,(H,28,30)(H,29,32). The lowest BCUT2D eigenvalue weighted by Crippen LogP contribution is -2.05. The molecular weight excluding hydrogens is 467 g/mol. The molecule has 2 aromatic carbocycles. The van der Waals surface area contributed by atoms with Gasteiger partial charge in [0.15, 0.2) is 5.13 Å². The van der Waals surface area contributed by atoms with Gasteiger partial charge in [0, 0.05) is 6.54 Å². The van der Waals surface area contributed by atoms with Crippen molar-refractivity contribution >= 4 is 28.6 Å². The second kappa shape index (κ2) is 11.5. The van der Waals surface area contributed by atoms with Gasteiger partial charge in [-0.1, -0.05) is 35.5 Å². The van der Waals surface area contributed by atoms with E-state index in [1.165, 1.54) is 30.6 Å². The summed E-state index contributed by atoms with van der Waals surface area (Å²) in [5, 5.41) is 15.5. The van der Waals surface area contributed by atoms with Crippen LogP contribution in [-0.2, 0) is 17.4 Å². The highest BCUT2D eigenvalue weighted by atomic mass is 32.1. The zero-order chi connectivity index (χ0) is 24.6. The average molecular weight is 490 g/mol. The number of aromatic nitrogens is 1. The van der Waals surface area contributed by atoms with Gasteiger partial charge in [-0.15, -0.1) is 0 Å². The Morgan fingerprint density at radius 1 is 1.21 bits per heavy atom. The van der Waals surface area contributed by atoms with E-state index in [1.54, 1.807) is 18.2 Å². The van der Waals surface area contributed by atoms with Crippen molar-refractivity contribution in [3.63, 3.8) is 0 Å². The molecule has 0 aliphatic rings. The Hall–Kier alpha value is -3.55. The number of thiazole rings is 1. The van der Waals surface area contributed by atoms with Crippen molar-refractivity contribution in [2.75, 3.05) is 30.9 Å². The molecule has 3 rings (SSSR count). The van der Waals surface area contributed by atoms with Crippen molar-refractivity contribution in [1.82, 2.24) is 4.98 Å². The monoisotopic (exact) mass is 489 g/mol. The summed E-state index contributed by atoms with van der Waals surface area (Å²) in [6, 6.07) is 10.4. The number of aliphatic hydroxyl groups is 1. The number of aryl methyl sites for hydroxylation is 1. The zero-order valence-electron chi connectivity index (χ0n) is 18.2. The van der Waals surface area contributed by atoms with E-state index >= 15 is 0 Å². The Morgan fingerprint density at radius 3 is 2.62 bits per heavy atom. The molecule has 178 valence electrons. The van der Waals surface area contributed by atoms with Crippen LogP contribution in [0.4, 0.5) is 24.0 Å². The maximum atomic E-state index is 12.7. The SMILES string of the molecule is COc1cc(-c2sc(NCCCc3ccc(C(F)(F)F)cc3)nc2C#CCO)ccc1NC=O. The van der Waals surface area contributed by atoms with Gasteiger partial charge in [0.25, 0.3) is 0 Å². The van der Waals surface area contributed by atoms with Gasteiger partial charge in [0.2, 0.25) is 6.41 Å². The number of amides is 1. The molecule has 0 saturated carbocycles. The quantitative estimate of drug-likeness (QED) is 0.229. The van der Waals surface area contributed by atoms with Gasteiger partial charge in [-0.3, -0.25) is 4.79 Å². The second-order valence-corrected chi connectivity index (χ2v) is 8.06. The fourth-order valence-electron chi connectivity index (χ4n) is 3.16. The molecule has 3 N–H and O–H groups in total. The predicted molar refractivity (Wildman–Crippen MR) is 126 cm³/mol. The summed E-state index contributed by atoms with van der Waals surface area (Å²) in [4.78, 5) is 16.0. The summed E-state index contributed by atoms with van der Waals surface area (Å²) in [5.74, 6) is 5.93. The van der Waals surface area contributed by atoms with E-state index < -0.39 is 11.7 Å². The minimum absolute atomic E-state index is 0.307. The summed E-state index contributed by atoms with van der Waals surface area (Å²) in [5.41, 5.74) is 1.96. The first kappa shape index (κ1) is 25.1. The minimum Gasteiger partial charge on any atom is -0.495 e. The molecule has 0 saturated heterocycles. The van der Waals surface area contributed by atoms with Crippen molar-refractivity contribution < 1.29 is 27.8 Å². The molecule has 0 fully saturated rings. The smallest absolute Gasteiger partial charge is 0.416 e. The summed E-state index contributed by atoms with van der Waals surface area (Å²) >= 11 is 1.38. The third kappa shape index (κ3) is 6.50. The van der Waals surface area contributed by atoms with Crippen LogP contribution in [0.25, 0.3) is 10.4 Å². The van der Waals surface area contributed by atoms with Gasteiger partial charge in [-0.05, 0) is 54.2 Å². The second-order valence-electron chi connectivity index (χ2n) is 7.06. The highest BCUT2D eigenvalue weighted by Crippen LogP contribution is 2.37. The maximum Gasteiger partial charge on any atom is 0.416 e. The van der Waals surface area contributed by atoms with Crippen molar-refractivity contribution in [2.24, 2.45) is 0 Å². The van der Waals surface area contributed by atoms with Crippen molar-refractivity contribution in [3.8, 4) is 28.0 Å². The van der Waals surface area contributed by atoms with Crippen LogP contribution >= 0.6 is 11.3 Å². The normalized spacial score (nSPS) is 10.9. The van der Waals surface area contributed by atoms with Gasteiger partial charge in [0.1, 0.15) is 18.1 Å². The number of hydrogen-bond donors (Lipinski definition) is 3. The molecule has 0 bridgehead atoms. The molecular formula is C24H22F3N3O3S. The van der Waals surface area contributed by atoms with E-state index in [0.29, 0.717) is 48.1 Å². The van der Waals surface area contributed by atoms with Crippen molar-refractivity contribution in [1.29, 1.82) is 0 Å². The van der Waals surface area contributed by atoms with Gasteiger partial charge >= 0.3 is 6.18 Å². The van der Waals surface area contributed by atoms with Crippen LogP contribution in [0.2, 0.25) is 0 Å². The molecule has 1 aromatic heterocycles. The van der Waals surface area contributed by atoms with Crippen LogP contribution in [0.15, 0.2) is 42.5 Å². The highest BCUT2D eigenvalue weighted by Gasteiger charge is 2.29. The number of rotatable bonds is 9. The lowest BCUT2D eigenvalue weighted by molar-refractivity contribution is -0.137.